The highest BCUT2D eigenvalue weighted by Crippen LogP contribution is 2.30. The predicted octanol–water partition coefficient (Wildman–Crippen LogP) is 2.15. The predicted molar refractivity (Wildman–Crippen MR) is 121 cm³/mol. The monoisotopic (exact) mass is 421 g/mol. The first-order valence-corrected chi connectivity index (χ1v) is 11.3. The summed E-state index contributed by atoms with van der Waals surface area (Å²) < 4.78 is 4.03. The van der Waals surface area contributed by atoms with Gasteiger partial charge in [-0.05, 0) is 45.4 Å². The molecule has 0 radical (unpaired) electrons. The SMILES string of the molecule is CCc1c(-c2cnn(CCN3CCCCC3)c2)nc(N2NC(C)C=C2N)n2ccnc12. The summed E-state index contributed by atoms with van der Waals surface area (Å²) in [5, 5.41) is 6.47. The maximum absolute atomic E-state index is 6.26. The van der Waals surface area contributed by atoms with E-state index in [2.05, 4.69) is 40.5 Å². The molecule has 0 saturated carbocycles. The fraction of sp³-hybridized carbons (Fsp3) is 0.500. The van der Waals surface area contributed by atoms with Gasteiger partial charge in [0.05, 0.1) is 18.4 Å². The van der Waals surface area contributed by atoms with Crippen molar-refractivity contribution < 1.29 is 0 Å². The van der Waals surface area contributed by atoms with Crippen molar-refractivity contribution in [2.45, 2.75) is 52.1 Å². The number of rotatable bonds is 6. The Morgan fingerprint density at radius 1 is 1.19 bits per heavy atom. The second-order valence-electron chi connectivity index (χ2n) is 8.45. The third-order valence-corrected chi connectivity index (χ3v) is 6.19. The lowest BCUT2D eigenvalue weighted by atomic mass is 10.1. The van der Waals surface area contributed by atoms with Crippen molar-refractivity contribution >= 4 is 11.6 Å². The molecule has 9 nitrogen and oxygen atoms in total. The molecule has 0 spiro atoms. The molecule has 0 bridgehead atoms. The van der Waals surface area contributed by atoms with Gasteiger partial charge >= 0.3 is 0 Å². The minimum absolute atomic E-state index is 0.146. The largest absolute Gasteiger partial charge is 0.384 e. The first-order chi connectivity index (χ1) is 15.1. The minimum atomic E-state index is 0.146. The number of anilines is 1. The van der Waals surface area contributed by atoms with Gasteiger partial charge in [-0.3, -0.25) is 9.08 Å². The van der Waals surface area contributed by atoms with Crippen molar-refractivity contribution in [2.75, 3.05) is 24.6 Å². The number of piperidine rings is 1. The number of fused-ring (bicyclic) bond motifs is 1. The summed E-state index contributed by atoms with van der Waals surface area (Å²) in [6, 6.07) is 0.146. The van der Waals surface area contributed by atoms with Gasteiger partial charge in [-0.25, -0.2) is 20.4 Å². The van der Waals surface area contributed by atoms with E-state index in [4.69, 9.17) is 10.7 Å². The molecule has 9 heteroatoms. The second-order valence-corrected chi connectivity index (χ2v) is 8.45. The number of aryl methyl sites for hydroxylation is 1. The summed E-state index contributed by atoms with van der Waals surface area (Å²) >= 11 is 0. The molecule has 1 atom stereocenters. The van der Waals surface area contributed by atoms with E-state index >= 15 is 0 Å². The maximum atomic E-state index is 6.26. The van der Waals surface area contributed by atoms with Crippen LogP contribution in [-0.4, -0.2) is 54.7 Å². The molecule has 5 heterocycles. The molecule has 31 heavy (non-hydrogen) atoms. The van der Waals surface area contributed by atoms with Crippen LogP contribution in [0.3, 0.4) is 0 Å². The van der Waals surface area contributed by atoms with E-state index in [-0.39, 0.29) is 6.04 Å². The Hall–Kier alpha value is -2.91. The molecule has 164 valence electrons. The lowest BCUT2D eigenvalue weighted by Crippen LogP contribution is -2.39. The smallest absolute Gasteiger partial charge is 0.232 e. The standard InChI is InChI=1S/C22H31N9/c1-3-18-20(17-14-25-29(15-17)12-11-28-8-5-4-6-9-28)26-22(30-10-7-24-21(18)30)31-19(23)13-16(2)27-31/h7,10,13-16,27H,3-6,8-9,11-12,23H2,1-2H3. The van der Waals surface area contributed by atoms with Gasteiger partial charge in [-0.2, -0.15) is 5.10 Å². The molecule has 1 saturated heterocycles. The Morgan fingerprint density at radius 3 is 2.77 bits per heavy atom. The van der Waals surface area contributed by atoms with E-state index in [1.165, 1.54) is 32.4 Å². The van der Waals surface area contributed by atoms with Gasteiger partial charge in [0.25, 0.3) is 0 Å². The Bertz CT molecular complexity index is 1090. The molecular formula is C22H31N9. The molecule has 3 N–H and O–H groups in total. The zero-order valence-electron chi connectivity index (χ0n) is 18.3. The van der Waals surface area contributed by atoms with Crippen LogP contribution in [-0.2, 0) is 13.0 Å². The molecule has 2 aliphatic heterocycles. The minimum Gasteiger partial charge on any atom is -0.384 e. The molecular weight excluding hydrogens is 390 g/mol. The highest BCUT2D eigenvalue weighted by Gasteiger charge is 2.25. The first-order valence-electron chi connectivity index (χ1n) is 11.3. The van der Waals surface area contributed by atoms with Gasteiger partial charge in [0, 0.05) is 42.3 Å². The molecule has 5 rings (SSSR count). The van der Waals surface area contributed by atoms with Crippen LogP contribution >= 0.6 is 0 Å². The number of hydrogen-bond acceptors (Lipinski definition) is 7. The van der Waals surface area contributed by atoms with Crippen LogP contribution in [0.2, 0.25) is 0 Å². The molecule has 1 unspecified atom stereocenters. The van der Waals surface area contributed by atoms with Crippen LogP contribution in [0.25, 0.3) is 16.9 Å². The number of aromatic nitrogens is 5. The van der Waals surface area contributed by atoms with Crippen LogP contribution in [0.5, 0.6) is 0 Å². The molecule has 2 aliphatic rings. The highest BCUT2D eigenvalue weighted by atomic mass is 15.6. The Balaban J connectivity index is 1.48. The number of nitrogens with two attached hydrogens (primary N) is 1. The average Bonchev–Trinajstić information content (AvgIpc) is 3.52. The zero-order chi connectivity index (χ0) is 21.4. The zero-order valence-corrected chi connectivity index (χ0v) is 18.3. The first kappa shape index (κ1) is 20.0. The summed E-state index contributed by atoms with van der Waals surface area (Å²) in [4.78, 5) is 12.2. The van der Waals surface area contributed by atoms with E-state index in [0.29, 0.717) is 11.8 Å². The van der Waals surface area contributed by atoms with E-state index in [1.54, 1.807) is 0 Å². The lowest BCUT2D eigenvalue weighted by Gasteiger charge is -2.26. The van der Waals surface area contributed by atoms with Gasteiger partial charge in [-0.1, -0.05) is 13.3 Å². The van der Waals surface area contributed by atoms with Crippen LogP contribution < -0.4 is 16.2 Å². The fourth-order valence-corrected chi connectivity index (χ4v) is 4.59. The van der Waals surface area contributed by atoms with Crippen molar-refractivity contribution in [3.05, 3.63) is 42.2 Å². The molecule has 0 aromatic carbocycles. The van der Waals surface area contributed by atoms with Crippen LogP contribution in [0.1, 0.15) is 38.7 Å². The third-order valence-electron chi connectivity index (χ3n) is 6.19. The number of nitrogens with one attached hydrogen (secondary N) is 1. The van der Waals surface area contributed by atoms with Gasteiger partial charge in [0.15, 0.2) is 0 Å². The molecule has 3 aromatic rings. The van der Waals surface area contributed by atoms with Crippen LogP contribution in [0, 0.1) is 0 Å². The Labute approximate surface area is 182 Å². The number of likely N-dealkylation sites (tertiary alicyclic amines) is 1. The second kappa shape index (κ2) is 8.32. The number of hydrazine groups is 1. The third kappa shape index (κ3) is 3.79. The normalized spacial score (nSPS) is 20.0. The van der Waals surface area contributed by atoms with Gasteiger partial charge in [0.2, 0.25) is 5.95 Å². The molecule has 1 fully saturated rings. The average molecular weight is 422 g/mol. The summed E-state index contributed by atoms with van der Waals surface area (Å²) in [7, 11) is 0. The molecule has 0 aliphatic carbocycles. The van der Waals surface area contributed by atoms with Gasteiger partial charge in [0.1, 0.15) is 11.5 Å². The number of nitrogens with zero attached hydrogens (tertiary/aromatic N) is 7. The molecule has 3 aromatic heterocycles. The van der Waals surface area contributed by atoms with Gasteiger partial charge < -0.3 is 10.6 Å². The summed E-state index contributed by atoms with van der Waals surface area (Å²) in [6.45, 7) is 8.53. The van der Waals surface area contributed by atoms with E-state index < -0.39 is 0 Å². The van der Waals surface area contributed by atoms with E-state index in [0.717, 1.165) is 42.0 Å². The summed E-state index contributed by atoms with van der Waals surface area (Å²) in [5.41, 5.74) is 13.6. The Kier molecular flexibility index (Phi) is 5.37. The summed E-state index contributed by atoms with van der Waals surface area (Å²) in [6.07, 6.45) is 14.5. The number of hydrogen-bond donors (Lipinski definition) is 2. The van der Waals surface area contributed by atoms with E-state index in [1.807, 2.05) is 38.8 Å². The van der Waals surface area contributed by atoms with E-state index in [9.17, 15) is 0 Å². The van der Waals surface area contributed by atoms with Crippen molar-refractivity contribution in [3.8, 4) is 11.3 Å². The Morgan fingerprint density at radius 2 is 2.03 bits per heavy atom. The molecule has 0 amide bonds. The van der Waals surface area contributed by atoms with Crippen LogP contribution in [0.4, 0.5) is 5.95 Å². The maximum Gasteiger partial charge on any atom is 0.232 e. The lowest BCUT2D eigenvalue weighted by molar-refractivity contribution is 0.218. The quantitative estimate of drug-likeness (QED) is 0.630. The van der Waals surface area contributed by atoms with Crippen molar-refractivity contribution in [1.82, 2.24) is 34.5 Å². The fourth-order valence-electron chi connectivity index (χ4n) is 4.59. The topological polar surface area (TPSA) is 92.5 Å². The highest BCUT2D eigenvalue weighted by molar-refractivity contribution is 5.72. The number of imidazole rings is 1. The van der Waals surface area contributed by atoms with Crippen LogP contribution in [0.15, 0.2) is 36.7 Å². The van der Waals surface area contributed by atoms with Crippen molar-refractivity contribution in [2.24, 2.45) is 5.73 Å². The van der Waals surface area contributed by atoms with Crippen molar-refractivity contribution in [1.29, 1.82) is 0 Å². The van der Waals surface area contributed by atoms with Crippen molar-refractivity contribution in [3.63, 3.8) is 0 Å². The van der Waals surface area contributed by atoms with Gasteiger partial charge in [-0.15, -0.1) is 0 Å². The summed E-state index contributed by atoms with van der Waals surface area (Å²) in [5.74, 6) is 1.35.